The van der Waals surface area contributed by atoms with Crippen molar-refractivity contribution in [3.05, 3.63) is 34.6 Å². The Morgan fingerprint density at radius 1 is 1.18 bits per heavy atom. The number of nitrogens with one attached hydrogen (secondary N) is 1. The predicted octanol–water partition coefficient (Wildman–Crippen LogP) is 5.45. The van der Waals surface area contributed by atoms with Gasteiger partial charge in [-0.3, -0.25) is 4.79 Å². The van der Waals surface area contributed by atoms with Crippen molar-refractivity contribution in [3.63, 3.8) is 0 Å². The average molecular weight is 416 g/mol. The highest BCUT2D eigenvalue weighted by molar-refractivity contribution is 6.31. The molecule has 0 heterocycles. The van der Waals surface area contributed by atoms with Gasteiger partial charge in [0.1, 0.15) is 17.5 Å². The SMILES string of the molecule is CC(C)[C@@H](c1c(F)cccc1Cl)[C@H](C)OC(=O)C[C@H](C)NC(=O)OC(C)(C)C. The molecule has 28 heavy (non-hydrogen) atoms. The summed E-state index contributed by atoms with van der Waals surface area (Å²) in [4.78, 5) is 24.1. The Morgan fingerprint density at radius 3 is 2.29 bits per heavy atom. The molecule has 7 heteroatoms. The van der Waals surface area contributed by atoms with Crippen molar-refractivity contribution in [2.24, 2.45) is 5.92 Å². The minimum Gasteiger partial charge on any atom is -0.462 e. The Balaban J connectivity index is 2.74. The first-order chi connectivity index (χ1) is 12.8. The molecule has 0 aliphatic carbocycles. The lowest BCUT2D eigenvalue weighted by molar-refractivity contribution is -0.150. The maximum Gasteiger partial charge on any atom is 0.407 e. The highest BCUT2D eigenvalue weighted by Gasteiger charge is 2.30. The number of rotatable bonds is 7. The van der Waals surface area contributed by atoms with E-state index in [-0.39, 0.29) is 12.3 Å². The lowest BCUT2D eigenvalue weighted by Crippen LogP contribution is -2.39. The summed E-state index contributed by atoms with van der Waals surface area (Å²) in [5.41, 5.74) is -0.276. The molecule has 0 saturated carbocycles. The number of esters is 1. The van der Waals surface area contributed by atoms with Gasteiger partial charge < -0.3 is 14.8 Å². The van der Waals surface area contributed by atoms with Gasteiger partial charge in [-0.25, -0.2) is 9.18 Å². The van der Waals surface area contributed by atoms with Gasteiger partial charge in [-0.2, -0.15) is 0 Å². The Hall–Kier alpha value is -1.82. The van der Waals surface area contributed by atoms with Crippen LogP contribution in [0.3, 0.4) is 0 Å². The van der Waals surface area contributed by atoms with Crippen molar-refractivity contribution in [2.45, 2.75) is 78.6 Å². The largest absolute Gasteiger partial charge is 0.462 e. The summed E-state index contributed by atoms with van der Waals surface area (Å²) in [6, 6.07) is 4.04. The third-order valence-electron chi connectivity index (χ3n) is 4.11. The first-order valence-corrected chi connectivity index (χ1v) is 9.82. The van der Waals surface area contributed by atoms with Crippen molar-refractivity contribution >= 4 is 23.7 Å². The number of hydrogen-bond acceptors (Lipinski definition) is 4. The molecule has 158 valence electrons. The molecule has 0 spiro atoms. The molecule has 0 bridgehead atoms. The highest BCUT2D eigenvalue weighted by Crippen LogP contribution is 2.36. The lowest BCUT2D eigenvalue weighted by atomic mass is 9.84. The van der Waals surface area contributed by atoms with Crippen LogP contribution in [-0.4, -0.2) is 29.8 Å². The summed E-state index contributed by atoms with van der Waals surface area (Å²) in [6.45, 7) is 12.5. The fourth-order valence-corrected chi connectivity index (χ4v) is 3.37. The van der Waals surface area contributed by atoms with Crippen molar-refractivity contribution < 1.29 is 23.5 Å². The normalized spacial score (nSPS) is 14.9. The zero-order valence-corrected chi connectivity index (χ0v) is 18.4. The van der Waals surface area contributed by atoms with E-state index in [1.807, 2.05) is 13.8 Å². The maximum atomic E-state index is 14.4. The topological polar surface area (TPSA) is 64.6 Å². The van der Waals surface area contributed by atoms with Crippen molar-refractivity contribution in [1.29, 1.82) is 0 Å². The molecule has 0 radical (unpaired) electrons. The number of hydrogen-bond donors (Lipinski definition) is 1. The van der Waals surface area contributed by atoms with Gasteiger partial charge in [0.25, 0.3) is 0 Å². The maximum absolute atomic E-state index is 14.4. The third kappa shape index (κ3) is 7.66. The standard InChI is InChI=1S/C21H31ClFNO4/c1-12(2)18(19-15(22)9-8-10-16(19)23)14(4)27-17(25)11-13(3)24-20(26)28-21(5,6)7/h8-10,12-14,18H,11H2,1-7H3,(H,24,26)/t13-,14-,18+/m0/s1. The zero-order valence-electron chi connectivity index (χ0n) is 17.6. The van der Waals surface area contributed by atoms with E-state index in [1.165, 1.54) is 6.07 Å². The molecule has 0 saturated heterocycles. The summed E-state index contributed by atoms with van der Waals surface area (Å²) in [5.74, 6) is -1.32. The molecule has 0 fully saturated rings. The summed E-state index contributed by atoms with van der Waals surface area (Å²) in [7, 11) is 0. The molecule has 0 aliphatic heterocycles. The van der Waals surface area contributed by atoms with E-state index in [9.17, 15) is 14.0 Å². The van der Waals surface area contributed by atoms with Crippen molar-refractivity contribution in [3.8, 4) is 0 Å². The van der Waals surface area contributed by atoms with Crippen molar-refractivity contribution in [2.75, 3.05) is 0 Å². The van der Waals surface area contributed by atoms with E-state index < -0.39 is 41.5 Å². The highest BCUT2D eigenvalue weighted by atomic mass is 35.5. The second kappa shape index (κ2) is 10.1. The van der Waals surface area contributed by atoms with E-state index in [4.69, 9.17) is 21.1 Å². The van der Waals surface area contributed by atoms with E-state index in [0.29, 0.717) is 10.6 Å². The monoisotopic (exact) mass is 415 g/mol. The summed E-state index contributed by atoms with van der Waals surface area (Å²) < 4.78 is 25.1. The molecule has 0 aliphatic rings. The molecule has 3 atom stereocenters. The molecule has 1 aromatic carbocycles. The fourth-order valence-electron chi connectivity index (χ4n) is 3.08. The van der Waals surface area contributed by atoms with Crippen LogP contribution in [0.25, 0.3) is 0 Å². The quantitative estimate of drug-likeness (QED) is 0.601. The van der Waals surface area contributed by atoms with Gasteiger partial charge in [-0.1, -0.05) is 31.5 Å². The van der Waals surface area contributed by atoms with Gasteiger partial charge in [0.15, 0.2) is 0 Å². The van der Waals surface area contributed by atoms with Gasteiger partial charge in [-0.05, 0) is 52.7 Å². The van der Waals surface area contributed by atoms with Crippen LogP contribution in [-0.2, 0) is 14.3 Å². The predicted molar refractivity (Wildman–Crippen MR) is 108 cm³/mol. The number of alkyl carbamates (subject to hydrolysis) is 1. The zero-order chi connectivity index (χ0) is 21.6. The van der Waals surface area contributed by atoms with Gasteiger partial charge in [0.05, 0.1) is 6.42 Å². The average Bonchev–Trinajstić information content (AvgIpc) is 2.47. The van der Waals surface area contributed by atoms with Crippen LogP contribution in [0.2, 0.25) is 5.02 Å². The van der Waals surface area contributed by atoms with Gasteiger partial charge in [-0.15, -0.1) is 0 Å². The Morgan fingerprint density at radius 2 is 1.79 bits per heavy atom. The van der Waals surface area contributed by atoms with Crippen LogP contribution in [0, 0.1) is 11.7 Å². The Kier molecular flexibility index (Phi) is 8.74. The Bertz CT molecular complexity index is 667. The molecule has 1 aromatic rings. The fraction of sp³-hybridized carbons (Fsp3) is 0.619. The molecule has 1 rings (SSSR count). The van der Waals surface area contributed by atoms with E-state index >= 15 is 0 Å². The first-order valence-electron chi connectivity index (χ1n) is 9.44. The Labute approximate surface area is 171 Å². The molecule has 0 unspecified atom stereocenters. The van der Waals surface area contributed by atoms with Gasteiger partial charge in [0.2, 0.25) is 0 Å². The summed E-state index contributed by atoms with van der Waals surface area (Å²) in [5, 5.41) is 2.91. The van der Waals surface area contributed by atoms with Crippen LogP contribution in [0.4, 0.5) is 9.18 Å². The number of halogens is 2. The smallest absolute Gasteiger partial charge is 0.407 e. The molecular formula is C21H31ClFNO4. The first kappa shape index (κ1) is 24.2. The number of amides is 1. The van der Waals surface area contributed by atoms with Crippen LogP contribution >= 0.6 is 11.6 Å². The third-order valence-corrected chi connectivity index (χ3v) is 4.44. The number of carbonyl (C=O) groups excluding carboxylic acids is 2. The molecular weight excluding hydrogens is 385 g/mol. The summed E-state index contributed by atoms with van der Waals surface area (Å²) in [6.07, 6.45) is -1.21. The number of ether oxygens (including phenoxy) is 2. The summed E-state index contributed by atoms with van der Waals surface area (Å²) >= 11 is 6.20. The lowest BCUT2D eigenvalue weighted by Gasteiger charge is -2.29. The van der Waals surface area contributed by atoms with Crippen molar-refractivity contribution in [1.82, 2.24) is 5.32 Å². The molecule has 1 amide bonds. The minimum absolute atomic E-state index is 0.00508. The number of benzene rings is 1. The van der Waals surface area contributed by atoms with E-state index in [0.717, 1.165) is 0 Å². The molecule has 5 nitrogen and oxygen atoms in total. The van der Waals surface area contributed by atoms with E-state index in [1.54, 1.807) is 46.8 Å². The molecule has 0 aromatic heterocycles. The van der Waals surface area contributed by atoms with Gasteiger partial charge >= 0.3 is 12.1 Å². The van der Waals surface area contributed by atoms with Crippen LogP contribution in [0.5, 0.6) is 0 Å². The number of carbonyl (C=O) groups is 2. The van der Waals surface area contributed by atoms with Crippen LogP contribution in [0.15, 0.2) is 18.2 Å². The van der Waals surface area contributed by atoms with Crippen LogP contribution in [0.1, 0.15) is 66.4 Å². The second-order valence-electron chi connectivity index (χ2n) is 8.35. The van der Waals surface area contributed by atoms with E-state index in [2.05, 4.69) is 5.32 Å². The molecule has 1 N–H and O–H groups in total. The van der Waals surface area contributed by atoms with Crippen LogP contribution < -0.4 is 5.32 Å². The second-order valence-corrected chi connectivity index (χ2v) is 8.76. The van der Waals surface area contributed by atoms with Gasteiger partial charge in [0, 0.05) is 22.5 Å². The minimum atomic E-state index is -0.623.